The third-order valence-corrected chi connectivity index (χ3v) is 8.97. The molecule has 12 heteroatoms. The van der Waals surface area contributed by atoms with E-state index in [0.717, 1.165) is 11.1 Å². The number of fused-ring (bicyclic) bond motifs is 4. The molecular weight excluding hydrogens is 592 g/mol. The number of aliphatic hydroxyl groups is 1. The second-order valence-electron chi connectivity index (χ2n) is 12.5. The molecule has 6 unspecified atom stereocenters. The summed E-state index contributed by atoms with van der Waals surface area (Å²) in [5.74, 6) is -2.08. The lowest BCUT2D eigenvalue weighted by molar-refractivity contribution is -0.206. The van der Waals surface area contributed by atoms with E-state index < -0.39 is 53.2 Å². The standard InChI is InChI=1S/C34H34N4O8/c1-15-9-21-11-28-33(6,32-27(45-18(4)39)14-26(41)17(3)44-32)30(42)24(37-28)10-20-8-16(2)23(35-20)13-29-34(7,46-19(5)40)31(43)25(38-29)12-22(15)36-21/h8-13,17,26-27,32,41H,14H2,1-7H3. The molecule has 238 valence electrons. The van der Waals surface area contributed by atoms with Crippen LogP contribution in [0.25, 0.3) is 0 Å². The lowest BCUT2D eigenvalue weighted by atomic mass is 9.73. The fourth-order valence-electron chi connectivity index (χ4n) is 6.42. The molecule has 6 heterocycles. The molecule has 0 aromatic carbocycles. The Morgan fingerprint density at radius 1 is 0.848 bits per heavy atom. The highest BCUT2D eigenvalue weighted by molar-refractivity contribution is 6.50. The summed E-state index contributed by atoms with van der Waals surface area (Å²) in [6.45, 7) is 11.0. The zero-order valence-electron chi connectivity index (χ0n) is 26.6. The second-order valence-corrected chi connectivity index (χ2v) is 12.5. The first-order chi connectivity index (χ1) is 21.6. The van der Waals surface area contributed by atoms with Gasteiger partial charge in [-0.3, -0.25) is 19.2 Å². The van der Waals surface area contributed by atoms with Crippen LogP contribution in [-0.2, 0) is 33.4 Å². The molecule has 0 spiro atoms. The average Bonchev–Trinajstić information content (AvgIpc) is 3.62. The molecular formula is C34H34N4O8. The van der Waals surface area contributed by atoms with E-state index in [2.05, 4.69) is 9.98 Å². The van der Waals surface area contributed by atoms with Crippen molar-refractivity contribution in [2.45, 2.75) is 84.9 Å². The summed E-state index contributed by atoms with van der Waals surface area (Å²) in [7, 11) is 0. The number of ether oxygens (including phenoxy) is 3. The van der Waals surface area contributed by atoms with Crippen molar-refractivity contribution in [2.75, 3.05) is 0 Å². The quantitative estimate of drug-likeness (QED) is 0.467. The highest BCUT2D eigenvalue weighted by Gasteiger charge is 2.57. The topological polar surface area (TPSA) is 166 Å². The van der Waals surface area contributed by atoms with Gasteiger partial charge in [-0.25, -0.2) is 20.0 Å². The minimum absolute atomic E-state index is 0.0621. The van der Waals surface area contributed by atoms with Crippen LogP contribution >= 0.6 is 0 Å². The van der Waals surface area contributed by atoms with Crippen LogP contribution in [0.4, 0.5) is 0 Å². The molecule has 8 bridgehead atoms. The minimum atomic E-state index is -1.67. The van der Waals surface area contributed by atoms with E-state index in [1.807, 2.05) is 13.8 Å². The van der Waals surface area contributed by atoms with Gasteiger partial charge >= 0.3 is 11.9 Å². The third-order valence-electron chi connectivity index (χ3n) is 8.97. The number of aliphatic hydroxyl groups excluding tert-OH is 1. The number of hydrogen-bond donors (Lipinski definition) is 1. The van der Waals surface area contributed by atoms with Gasteiger partial charge in [0.05, 0.1) is 46.4 Å². The van der Waals surface area contributed by atoms with E-state index in [4.69, 9.17) is 24.2 Å². The Balaban J connectivity index is 1.54. The van der Waals surface area contributed by atoms with Crippen LogP contribution in [0.15, 0.2) is 90.4 Å². The Morgan fingerprint density at radius 3 is 2.24 bits per heavy atom. The average molecular weight is 627 g/mol. The van der Waals surface area contributed by atoms with Crippen LogP contribution in [0.5, 0.6) is 0 Å². The first kappa shape index (κ1) is 31.3. The Labute approximate surface area is 265 Å². The summed E-state index contributed by atoms with van der Waals surface area (Å²) >= 11 is 0. The summed E-state index contributed by atoms with van der Waals surface area (Å²) in [5.41, 5.74) is 0.851. The largest absolute Gasteiger partial charge is 0.460 e. The van der Waals surface area contributed by atoms with Gasteiger partial charge in [0, 0.05) is 20.3 Å². The Kier molecular flexibility index (Phi) is 7.48. The number of carbonyl (C=O) groups is 4. The summed E-state index contributed by atoms with van der Waals surface area (Å²) in [5, 5.41) is 10.6. The van der Waals surface area contributed by atoms with Crippen LogP contribution in [0, 0.1) is 5.41 Å². The number of Topliss-reactive ketones (excluding diaryl/α,β-unsaturated/α-hetero) is 2. The van der Waals surface area contributed by atoms with Crippen molar-refractivity contribution in [1.29, 1.82) is 0 Å². The maximum absolute atomic E-state index is 14.4. The van der Waals surface area contributed by atoms with E-state index in [1.54, 1.807) is 44.2 Å². The van der Waals surface area contributed by atoms with Crippen molar-refractivity contribution in [2.24, 2.45) is 25.4 Å². The number of carbonyl (C=O) groups excluding carboxylic acids is 4. The molecule has 1 N–H and O–H groups in total. The zero-order chi connectivity index (χ0) is 33.3. The van der Waals surface area contributed by atoms with Gasteiger partial charge in [0.25, 0.3) is 0 Å². The van der Waals surface area contributed by atoms with Crippen molar-refractivity contribution < 1.29 is 38.5 Å². The van der Waals surface area contributed by atoms with E-state index >= 15 is 0 Å². The maximum atomic E-state index is 14.4. The molecule has 1 fully saturated rings. The maximum Gasteiger partial charge on any atom is 0.304 e. The molecule has 1 saturated heterocycles. The monoisotopic (exact) mass is 626 g/mol. The van der Waals surface area contributed by atoms with Gasteiger partial charge in [-0.15, -0.1) is 0 Å². The highest BCUT2D eigenvalue weighted by Crippen LogP contribution is 2.46. The summed E-state index contributed by atoms with van der Waals surface area (Å²) in [4.78, 5) is 70.9. The van der Waals surface area contributed by atoms with Crippen molar-refractivity contribution in [3.05, 3.63) is 70.4 Å². The Hall–Kier alpha value is -4.68. The smallest absolute Gasteiger partial charge is 0.304 e. The van der Waals surface area contributed by atoms with E-state index in [0.29, 0.717) is 28.5 Å². The van der Waals surface area contributed by atoms with Crippen molar-refractivity contribution in [1.82, 2.24) is 0 Å². The first-order valence-corrected chi connectivity index (χ1v) is 15.0. The lowest BCUT2D eigenvalue weighted by Gasteiger charge is -2.44. The first-order valence-electron chi connectivity index (χ1n) is 15.0. The molecule has 12 nitrogen and oxygen atoms in total. The molecule has 0 radical (unpaired) electrons. The predicted octanol–water partition coefficient (Wildman–Crippen LogP) is 3.18. The molecule has 0 aliphatic carbocycles. The number of rotatable bonds is 3. The fourth-order valence-corrected chi connectivity index (χ4v) is 6.42. The molecule has 6 aliphatic rings. The Bertz CT molecular complexity index is 1830. The van der Waals surface area contributed by atoms with E-state index in [1.165, 1.54) is 26.8 Å². The normalized spacial score (nSPS) is 33.5. The molecule has 6 rings (SSSR count). The fraction of sp³-hybridized carbons (Fsp3) is 0.412. The highest BCUT2D eigenvalue weighted by atomic mass is 16.6. The number of aliphatic imine (C=N–C) groups is 4. The van der Waals surface area contributed by atoms with E-state index in [9.17, 15) is 24.3 Å². The van der Waals surface area contributed by atoms with Crippen LogP contribution in [0.1, 0.15) is 54.9 Å². The number of esters is 2. The van der Waals surface area contributed by atoms with Gasteiger partial charge in [0.1, 0.15) is 29.0 Å². The van der Waals surface area contributed by atoms with E-state index in [-0.39, 0.29) is 29.3 Å². The molecule has 0 aromatic heterocycles. The van der Waals surface area contributed by atoms with Crippen molar-refractivity contribution >= 4 is 46.4 Å². The van der Waals surface area contributed by atoms with Gasteiger partial charge < -0.3 is 19.3 Å². The number of nitrogens with zero attached hydrogens (tertiary/aromatic N) is 4. The van der Waals surface area contributed by atoms with Crippen LogP contribution < -0.4 is 0 Å². The SMILES string of the molecule is CC(=O)OC1CC(O)C(C)OC1C1(C)C(=O)C2=NC1=CC1=NC(=CC3=NC(=CC4=NC(=C2)C=C4C)C(C)(OC(C)=O)C3=O)C(C)=C1. The predicted molar refractivity (Wildman–Crippen MR) is 168 cm³/mol. The number of allylic oxidation sites excluding steroid dienone is 8. The van der Waals surface area contributed by atoms with Crippen LogP contribution in [0.2, 0.25) is 0 Å². The van der Waals surface area contributed by atoms with Gasteiger partial charge in [-0.1, -0.05) is 0 Å². The van der Waals surface area contributed by atoms with Crippen molar-refractivity contribution in [3.63, 3.8) is 0 Å². The minimum Gasteiger partial charge on any atom is -0.460 e. The number of hydrogen-bond acceptors (Lipinski definition) is 12. The van der Waals surface area contributed by atoms with Crippen LogP contribution in [-0.4, -0.2) is 81.5 Å². The lowest BCUT2D eigenvalue weighted by Crippen LogP contribution is -2.57. The summed E-state index contributed by atoms with van der Waals surface area (Å²) in [6, 6.07) is 0. The zero-order valence-corrected chi connectivity index (χ0v) is 26.6. The molecule has 0 saturated carbocycles. The van der Waals surface area contributed by atoms with Crippen LogP contribution in [0.3, 0.4) is 0 Å². The molecule has 0 aromatic rings. The molecule has 6 aliphatic heterocycles. The van der Waals surface area contributed by atoms with Gasteiger partial charge in [-0.2, -0.15) is 0 Å². The van der Waals surface area contributed by atoms with Gasteiger partial charge in [-0.05, 0) is 82.2 Å². The van der Waals surface area contributed by atoms with Gasteiger partial charge in [0.2, 0.25) is 11.4 Å². The Morgan fingerprint density at radius 2 is 1.54 bits per heavy atom. The third kappa shape index (κ3) is 5.11. The van der Waals surface area contributed by atoms with Crippen molar-refractivity contribution in [3.8, 4) is 0 Å². The molecule has 6 atom stereocenters. The molecule has 0 amide bonds. The van der Waals surface area contributed by atoms with Gasteiger partial charge in [0.15, 0.2) is 5.78 Å². The summed E-state index contributed by atoms with van der Waals surface area (Å²) in [6.07, 6.45) is 6.56. The number of ketones is 2. The second kappa shape index (κ2) is 11.0. The molecule has 46 heavy (non-hydrogen) atoms. The summed E-state index contributed by atoms with van der Waals surface area (Å²) < 4.78 is 17.4.